The van der Waals surface area contributed by atoms with Gasteiger partial charge in [0.05, 0.1) is 26.9 Å². The molecule has 7 nitrogen and oxygen atoms in total. The number of nitrogens with zero attached hydrogens (tertiary/aromatic N) is 1. The summed E-state index contributed by atoms with van der Waals surface area (Å²) in [5, 5.41) is 10.4. The van der Waals surface area contributed by atoms with E-state index in [4.69, 9.17) is 14.2 Å². The van der Waals surface area contributed by atoms with Crippen molar-refractivity contribution in [2.45, 2.75) is 25.7 Å². The monoisotopic (exact) mass is 413 g/mol. The number of carbonyl (C=O) groups excluding carboxylic acids is 2. The lowest BCUT2D eigenvalue weighted by atomic mass is 10.00. The van der Waals surface area contributed by atoms with Crippen LogP contribution in [0.4, 0.5) is 0 Å². The zero-order valence-electron chi connectivity index (χ0n) is 17.6. The smallest absolute Gasteiger partial charge is 0.257 e. The number of ketones is 1. The van der Waals surface area contributed by atoms with Crippen LogP contribution in [0.2, 0.25) is 0 Å². The Kier molecular flexibility index (Phi) is 6.82. The molecule has 7 heteroatoms. The number of hydrogen-bond acceptors (Lipinski definition) is 6. The van der Waals surface area contributed by atoms with Crippen LogP contribution >= 0.6 is 0 Å². The van der Waals surface area contributed by atoms with Crippen molar-refractivity contribution in [3.63, 3.8) is 0 Å². The minimum absolute atomic E-state index is 0.0599. The molecule has 1 amide bonds. The van der Waals surface area contributed by atoms with Crippen molar-refractivity contribution < 1.29 is 28.9 Å². The maximum absolute atomic E-state index is 12.8. The largest absolute Gasteiger partial charge is 0.507 e. The van der Waals surface area contributed by atoms with Gasteiger partial charge in [0.1, 0.15) is 5.75 Å². The molecule has 0 aromatic heterocycles. The Bertz CT molecular complexity index is 908. The van der Waals surface area contributed by atoms with E-state index in [1.807, 2.05) is 0 Å². The topological polar surface area (TPSA) is 85.3 Å². The van der Waals surface area contributed by atoms with Gasteiger partial charge in [-0.25, -0.2) is 0 Å². The second-order valence-corrected chi connectivity index (χ2v) is 7.22. The molecule has 0 unspecified atom stereocenters. The molecule has 0 radical (unpaired) electrons. The van der Waals surface area contributed by atoms with Gasteiger partial charge in [0.15, 0.2) is 17.3 Å². The van der Waals surface area contributed by atoms with Crippen molar-refractivity contribution in [2.24, 2.45) is 0 Å². The van der Waals surface area contributed by atoms with Crippen LogP contribution < -0.4 is 14.2 Å². The summed E-state index contributed by atoms with van der Waals surface area (Å²) in [5.41, 5.74) is 1.28. The molecule has 0 atom stereocenters. The quantitative estimate of drug-likeness (QED) is 0.700. The van der Waals surface area contributed by atoms with Gasteiger partial charge in [-0.2, -0.15) is 0 Å². The van der Waals surface area contributed by atoms with E-state index >= 15 is 0 Å². The molecule has 0 spiro atoms. The third-order valence-electron chi connectivity index (χ3n) is 5.29. The molecule has 0 bridgehead atoms. The molecule has 1 aliphatic heterocycles. The maximum Gasteiger partial charge on any atom is 0.257 e. The molecule has 0 aliphatic carbocycles. The van der Waals surface area contributed by atoms with Gasteiger partial charge in [0.25, 0.3) is 5.91 Å². The van der Waals surface area contributed by atoms with Crippen LogP contribution in [0.5, 0.6) is 23.0 Å². The highest BCUT2D eigenvalue weighted by atomic mass is 16.5. The summed E-state index contributed by atoms with van der Waals surface area (Å²) in [5.74, 6) is 0.741. The molecular formula is C23H27NO6. The summed E-state index contributed by atoms with van der Waals surface area (Å²) in [4.78, 5) is 27.2. The van der Waals surface area contributed by atoms with Gasteiger partial charge in [-0.3, -0.25) is 9.59 Å². The number of Topliss-reactive ketones (excluding diaryl/α,β-unsaturated/α-hetero) is 1. The predicted molar refractivity (Wildman–Crippen MR) is 112 cm³/mol. The van der Waals surface area contributed by atoms with Crippen LogP contribution in [0.15, 0.2) is 30.3 Å². The zero-order valence-corrected chi connectivity index (χ0v) is 17.6. The highest BCUT2D eigenvalue weighted by Crippen LogP contribution is 2.38. The summed E-state index contributed by atoms with van der Waals surface area (Å²) in [7, 11) is 4.47. The van der Waals surface area contributed by atoms with Crippen LogP contribution in [0.25, 0.3) is 0 Å². The molecule has 1 aliphatic rings. The zero-order chi connectivity index (χ0) is 21.7. The molecule has 30 heavy (non-hydrogen) atoms. The molecule has 1 saturated heterocycles. The first kappa shape index (κ1) is 21.5. The number of phenolic OH excluding ortho intramolecular Hbond substituents is 1. The number of piperidine rings is 1. The van der Waals surface area contributed by atoms with E-state index in [1.54, 1.807) is 29.2 Å². The highest BCUT2D eigenvalue weighted by Gasteiger charge is 2.22. The van der Waals surface area contributed by atoms with Crippen LogP contribution in [0.3, 0.4) is 0 Å². The van der Waals surface area contributed by atoms with E-state index in [1.165, 1.54) is 27.4 Å². The van der Waals surface area contributed by atoms with Gasteiger partial charge >= 0.3 is 0 Å². The lowest BCUT2D eigenvalue weighted by Crippen LogP contribution is -2.35. The first-order valence-corrected chi connectivity index (χ1v) is 9.92. The van der Waals surface area contributed by atoms with Crippen LogP contribution in [-0.2, 0) is 6.42 Å². The Hall–Kier alpha value is -3.22. The Morgan fingerprint density at radius 3 is 2.10 bits per heavy atom. The minimum Gasteiger partial charge on any atom is -0.507 e. The summed E-state index contributed by atoms with van der Waals surface area (Å²) >= 11 is 0. The number of rotatable bonds is 7. The van der Waals surface area contributed by atoms with E-state index in [2.05, 4.69) is 0 Å². The molecule has 1 heterocycles. The predicted octanol–water partition coefficient (Wildman–Crippen LogP) is 3.47. The number of likely N-dealkylation sites (tertiary alicyclic amines) is 1. The van der Waals surface area contributed by atoms with Gasteiger partial charge in [-0.15, -0.1) is 0 Å². The van der Waals surface area contributed by atoms with Crippen LogP contribution in [-0.4, -0.2) is 56.1 Å². The summed E-state index contributed by atoms with van der Waals surface area (Å²) in [6.07, 6.45) is 3.14. The second kappa shape index (κ2) is 9.52. The minimum atomic E-state index is -0.177. The summed E-state index contributed by atoms with van der Waals surface area (Å²) in [6, 6.07) is 7.96. The van der Waals surface area contributed by atoms with Gasteiger partial charge in [-0.05, 0) is 49.1 Å². The molecule has 1 N–H and O–H groups in total. The standard InChI is InChI=1S/C23H27NO6/c1-28-20-13-16(14-21(29-2)22(20)30-3)18(25)11-15-7-8-17(19(26)12-15)23(27)24-9-5-4-6-10-24/h7-8,12-14,26H,4-6,9-11H2,1-3H3. The number of methoxy groups -OCH3 is 3. The molecule has 1 fully saturated rings. The van der Waals surface area contributed by atoms with Gasteiger partial charge in [-0.1, -0.05) is 6.07 Å². The fourth-order valence-corrected chi connectivity index (χ4v) is 3.66. The molecule has 160 valence electrons. The fourth-order valence-electron chi connectivity index (χ4n) is 3.66. The number of carbonyl (C=O) groups is 2. The van der Waals surface area contributed by atoms with Gasteiger partial charge in [0.2, 0.25) is 5.75 Å². The number of aromatic hydroxyl groups is 1. The fraction of sp³-hybridized carbons (Fsp3) is 0.391. The molecule has 2 aromatic carbocycles. The lowest BCUT2D eigenvalue weighted by molar-refractivity contribution is 0.0721. The van der Waals surface area contributed by atoms with E-state index in [-0.39, 0.29) is 29.4 Å². The maximum atomic E-state index is 12.8. The van der Waals surface area contributed by atoms with Gasteiger partial charge < -0.3 is 24.2 Å². The average molecular weight is 413 g/mol. The number of hydrogen-bond donors (Lipinski definition) is 1. The summed E-state index contributed by atoms with van der Waals surface area (Å²) in [6.45, 7) is 1.42. The Morgan fingerprint density at radius 2 is 1.57 bits per heavy atom. The van der Waals surface area contributed by atoms with Crippen molar-refractivity contribution in [1.29, 1.82) is 0 Å². The van der Waals surface area contributed by atoms with Crippen LogP contribution in [0, 0.1) is 0 Å². The number of ether oxygens (including phenoxy) is 3. The van der Waals surface area contributed by atoms with Crippen molar-refractivity contribution in [2.75, 3.05) is 34.4 Å². The first-order valence-electron chi connectivity index (χ1n) is 9.92. The number of amides is 1. The van der Waals surface area contributed by atoms with E-state index in [9.17, 15) is 14.7 Å². The van der Waals surface area contributed by atoms with E-state index in [0.29, 0.717) is 41.5 Å². The van der Waals surface area contributed by atoms with Crippen molar-refractivity contribution >= 4 is 11.7 Å². The van der Waals surface area contributed by atoms with Crippen molar-refractivity contribution in [3.05, 3.63) is 47.0 Å². The van der Waals surface area contributed by atoms with Crippen molar-refractivity contribution in [1.82, 2.24) is 4.90 Å². The van der Waals surface area contributed by atoms with E-state index < -0.39 is 0 Å². The van der Waals surface area contributed by atoms with Crippen molar-refractivity contribution in [3.8, 4) is 23.0 Å². The number of phenols is 1. The highest BCUT2D eigenvalue weighted by molar-refractivity contribution is 6.00. The molecule has 2 aromatic rings. The average Bonchev–Trinajstić information content (AvgIpc) is 2.78. The molecule has 3 rings (SSSR count). The molecule has 0 saturated carbocycles. The Morgan fingerprint density at radius 1 is 0.933 bits per heavy atom. The van der Waals surface area contributed by atoms with Gasteiger partial charge in [0, 0.05) is 25.1 Å². The Labute approximate surface area is 176 Å². The SMILES string of the molecule is COc1cc(C(=O)Cc2ccc(C(=O)N3CCCCC3)c(O)c2)cc(OC)c1OC. The third kappa shape index (κ3) is 4.50. The molecular weight excluding hydrogens is 386 g/mol. The van der Waals surface area contributed by atoms with E-state index in [0.717, 1.165) is 19.3 Å². The third-order valence-corrected chi connectivity index (χ3v) is 5.29. The normalized spacial score (nSPS) is 13.6. The Balaban J connectivity index is 1.79. The second-order valence-electron chi connectivity index (χ2n) is 7.22. The first-order chi connectivity index (χ1) is 14.5. The lowest BCUT2D eigenvalue weighted by Gasteiger charge is -2.27. The summed E-state index contributed by atoms with van der Waals surface area (Å²) < 4.78 is 15.9. The number of benzene rings is 2. The van der Waals surface area contributed by atoms with Crippen LogP contribution in [0.1, 0.15) is 45.5 Å².